The first kappa shape index (κ1) is 14.2. The average molecular weight is 290 g/mol. The summed E-state index contributed by atoms with van der Waals surface area (Å²) in [7, 11) is 1.33. The van der Waals surface area contributed by atoms with E-state index >= 15 is 0 Å². The van der Waals surface area contributed by atoms with E-state index in [9.17, 15) is 9.59 Å². The maximum Gasteiger partial charge on any atom is 0.348 e. The Hall–Kier alpha value is -2.21. The highest BCUT2D eigenvalue weighted by Crippen LogP contribution is 2.27. The minimum Gasteiger partial charge on any atom is -0.465 e. The number of nitrogens with one attached hydrogen (secondary N) is 1. The number of anilines is 1. The molecule has 0 aromatic carbocycles. The highest BCUT2D eigenvalue weighted by Gasteiger charge is 2.16. The van der Waals surface area contributed by atoms with E-state index in [4.69, 9.17) is 0 Å². The SMILES string of the molecule is COC(=O)c1sc(NC(=O)c2cccnc2C)cc1C. The van der Waals surface area contributed by atoms with Crippen LogP contribution in [0.25, 0.3) is 0 Å². The van der Waals surface area contributed by atoms with E-state index in [-0.39, 0.29) is 5.91 Å². The summed E-state index contributed by atoms with van der Waals surface area (Å²) in [5.74, 6) is -0.640. The fourth-order valence-electron chi connectivity index (χ4n) is 1.74. The molecule has 2 heterocycles. The van der Waals surface area contributed by atoms with Gasteiger partial charge in [-0.25, -0.2) is 4.79 Å². The number of amides is 1. The minimum atomic E-state index is -0.398. The molecule has 0 bridgehead atoms. The van der Waals surface area contributed by atoms with Crippen molar-refractivity contribution in [2.75, 3.05) is 12.4 Å². The van der Waals surface area contributed by atoms with Gasteiger partial charge in [0.1, 0.15) is 4.88 Å². The maximum absolute atomic E-state index is 12.1. The number of ether oxygens (including phenoxy) is 1. The van der Waals surface area contributed by atoms with Crippen molar-refractivity contribution in [3.8, 4) is 0 Å². The smallest absolute Gasteiger partial charge is 0.348 e. The second-order valence-electron chi connectivity index (χ2n) is 4.20. The lowest BCUT2D eigenvalue weighted by Crippen LogP contribution is -2.13. The summed E-state index contributed by atoms with van der Waals surface area (Å²) >= 11 is 1.19. The van der Waals surface area contributed by atoms with Gasteiger partial charge in [-0.05, 0) is 37.6 Å². The molecule has 0 atom stereocenters. The highest BCUT2D eigenvalue weighted by molar-refractivity contribution is 7.18. The molecule has 2 rings (SSSR count). The molecule has 1 amide bonds. The van der Waals surface area contributed by atoms with Crippen LogP contribution in [-0.2, 0) is 4.74 Å². The van der Waals surface area contributed by atoms with E-state index in [1.54, 1.807) is 38.2 Å². The number of methoxy groups -OCH3 is 1. The van der Waals surface area contributed by atoms with Crippen LogP contribution >= 0.6 is 11.3 Å². The Morgan fingerprint density at radius 3 is 2.75 bits per heavy atom. The summed E-state index contributed by atoms with van der Waals surface area (Å²) in [6, 6.07) is 5.17. The van der Waals surface area contributed by atoms with Crippen LogP contribution in [0.5, 0.6) is 0 Å². The lowest BCUT2D eigenvalue weighted by molar-refractivity contribution is 0.0605. The van der Waals surface area contributed by atoms with Gasteiger partial charge in [0, 0.05) is 11.9 Å². The fourth-order valence-corrected chi connectivity index (χ4v) is 2.73. The molecule has 0 aliphatic rings. The van der Waals surface area contributed by atoms with Gasteiger partial charge < -0.3 is 10.1 Å². The number of carbonyl (C=O) groups is 2. The Kier molecular flexibility index (Phi) is 4.14. The van der Waals surface area contributed by atoms with Crippen LogP contribution in [-0.4, -0.2) is 24.0 Å². The molecule has 2 aromatic rings. The zero-order valence-corrected chi connectivity index (χ0v) is 12.2. The van der Waals surface area contributed by atoms with E-state index in [1.165, 1.54) is 18.4 Å². The second-order valence-corrected chi connectivity index (χ2v) is 5.26. The van der Waals surface area contributed by atoms with Gasteiger partial charge in [0.15, 0.2) is 0 Å². The fraction of sp³-hybridized carbons (Fsp3) is 0.214. The number of nitrogens with zero attached hydrogens (tertiary/aromatic N) is 1. The molecule has 0 aliphatic carbocycles. The standard InChI is InChI=1S/C14H14N2O3S/c1-8-7-11(20-12(8)14(18)19-3)16-13(17)10-5-4-6-15-9(10)2/h4-7H,1-3H3,(H,16,17). The topological polar surface area (TPSA) is 68.3 Å². The van der Waals surface area contributed by atoms with Crippen LogP contribution in [0.1, 0.15) is 31.3 Å². The third-order valence-corrected chi connectivity index (χ3v) is 3.91. The van der Waals surface area contributed by atoms with Crippen LogP contribution in [0.4, 0.5) is 5.00 Å². The highest BCUT2D eigenvalue weighted by atomic mass is 32.1. The number of esters is 1. The van der Waals surface area contributed by atoms with Crippen molar-refractivity contribution in [3.63, 3.8) is 0 Å². The number of aryl methyl sites for hydroxylation is 2. The van der Waals surface area contributed by atoms with E-state index < -0.39 is 5.97 Å². The largest absolute Gasteiger partial charge is 0.465 e. The summed E-state index contributed by atoms with van der Waals surface area (Å²) in [6.07, 6.45) is 1.64. The van der Waals surface area contributed by atoms with Gasteiger partial charge in [0.05, 0.1) is 17.7 Å². The zero-order chi connectivity index (χ0) is 14.7. The Morgan fingerprint density at radius 1 is 1.35 bits per heavy atom. The van der Waals surface area contributed by atoms with E-state index in [0.29, 0.717) is 21.1 Å². The number of pyridine rings is 1. The number of carbonyl (C=O) groups excluding carboxylic acids is 2. The van der Waals surface area contributed by atoms with Crippen molar-refractivity contribution in [1.29, 1.82) is 0 Å². The number of rotatable bonds is 3. The molecule has 6 heteroatoms. The number of thiophene rings is 1. The van der Waals surface area contributed by atoms with Crippen LogP contribution in [0.15, 0.2) is 24.4 Å². The van der Waals surface area contributed by atoms with Crippen molar-refractivity contribution in [2.24, 2.45) is 0 Å². The van der Waals surface area contributed by atoms with Crippen molar-refractivity contribution in [1.82, 2.24) is 4.98 Å². The molecule has 0 spiro atoms. The first-order chi connectivity index (χ1) is 9.52. The van der Waals surface area contributed by atoms with Crippen LogP contribution < -0.4 is 5.32 Å². The van der Waals surface area contributed by atoms with Crippen LogP contribution in [0, 0.1) is 13.8 Å². The molecule has 1 N–H and O–H groups in total. The lowest BCUT2D eigenvalue weighted by atomic mass is 10.2. The summed E-state index contributed by atoms with van der Waals surface area (Å²) in [4.78, 5) is 28.2. The molecule has 0 saturated carbocycles. The van der Waals surface area contributed by atoms with Gasteiger partial charge in [0.25, 0.3) is 5.91 Å². The second kappa shape index (κ2) is 5.83. The molecule has 2 aromatic heterocycles. The van der Waals surface area contributed by atoms with E-state index in [0.717, 1.165) is 5.56 Å². The van der Waals surface area contributed by atoms with Crippen LogP contribution in [0.3, 0.4) is 0 Å². The predicted octanol–water partition coefficient (Wildman–Crippen LogP) is 2.80. The summed E-state index contributed by atoms with van der Waals surface area (Å²) < 4.78 is 4.69. The van der Waals surface area contributed by atoms with Crippen LogP contribution in [0.2, 0.25) is 0 Å². The predicted molar refractivity (Wildman–Crippen MR) is 77.3 cm³/mol. The molecule has 0 unspecified atom stereocenters. The monoisotopic (exact) mass is 290 g/mol. The van der Waals surface area contributed by atoms with Crippen molar-refractivity contribution >= 4 is 28.2 Å². The molecule has 5 nitrogen and oxygen atoms in total. The first-order valence-electron chi connectivity index (χ1n) is 5.94. The van der Waals surface area contributed by atoms with E-state index in [2.05, 4.69) is 15.0 Å². The number of hydrogen-bond acceptors (Lipinski definition) is 5. The molecule has 0 radical (unpaired) electrons. The van der Waals surface area contributed by atoms with E-state index in [1.807, 2.05) is 0 Å². The quantitative estimate of drug-likeness (QED) is 0.883. The third-order valence-electron chi connectivity index (χ3n) is 2.78. The summed E-state index contributed by atoms with van der Waals surface area (Å²) in [6.45, 7) is 3.57. The lowest BCUT2D eigenvalue weighted by Gasteiger charge is -2.04. The Bertz CT molecular complexity index is 664. The van der Waals surface area contributed by atoms with Gasteiger partial charge in [-0.1, -0.05) is 0 Å². The van der Waals surface area contributed by atoms with Gasteiger partial charge in [-0.15, -0.1) is 11.3 Å². The molecular formula is C14H14N2O3S. The molecular weight excluding hydrogens is 276 g/mol. The molecule has 0 fully saturated rings. The molecule has 104 valence electrons. The Labute approximate surface area is 120 Å². The van der Waals surface area contributed by atoms with Crippen molar-refractivity contribution < 1.29 is 14.3 Å². The normalized spacial score (nSPS) is 10.2. The van der Waals surface area contributed by atoms with Gasteiger partial charge in [-0.3, -0.25) is 9.78 Å². The average Bonchev–Trinajstić information content (AvgIpc) is 2.79. The summed E-state index contributed by atoms with van der Waals surface area (Å²) in [5, 5.41) is 3.38. The van der Waals surface area contributed by atoms with Gasteiger partial charge in [0.2, 0.25) is 0 Å². The number of hydrogen-bond donors (Lipinski definition) is 1. The Morgan fingerprint density at radius 2 is 2.10 bits per heavy atom. The number of aromatic nitrogens is 1. The Balaban J connectivity index is 2.21. The minimum absolute atomic E-state index is 0.242. The maximum atomic E-state index is 12.1. The van der Waals surface area contributed by atoms with Crippen molar-refractivity contribution in [2.45, 2.75) is 13.8 Å². The first-order valence-corrected chi connectivity index (χ1v) is 6.76. The molecule has 0 aliphatic heterocycles. The van der Waals surface area contributed by atoms with Gasteiger partial charge in [-0.2, -0.15) is 0 Å². The third kappa shape index (κ3) is 2.85. The molecule has 20 heavy (non-hydrogen) atoms. The van der Waals surface area contributed by atoms with Gasteiger partial charge >= 0.3 is 5.97 Å². The zero-order valence-electron chi connectivity index (χ0n) is 11.4. The summed E-state index contributed by atoms with van der Waals surface area (Å²) in [5.41, 5.74) is 1.95. The molecule has 0 saturated heterocycles. The van der Waals surface area contributed by atoms with Crippen molar-refractivity contribution in [3.05, 3.63) is 46.1 Å².